The average Bonchev–Trinajstić information content (AvgIpc) is 2.02. The fourth-order valence-corrected chi connectivity index (χ4v) is 2.30. The van der Waals surface area contributed by atoms with Crippen LogP contribution in [0, 0.1) is 5.41 Å². The molecule has 2 saturated heterocycles. The van der Waals surface area contributed by atoms with E-state index in [1.54, 1.807) is 6.92 Å². The number of hydrogen-bond donors (Lipinski definition) is 1. The van der Waals surface area contributed by atoms with Crippen molar-refractivity contribution >= 4 is 5.91 Å². The van der Waals surface area contributed by atoms with E-state index in [1.165, 1.54) is 0 Å². The predicted octanol–water partition coefficient (Wildman–Crippen LogP) is -0.196. The Hall–Kier alpha value is -0.610. The largest absolute Gasteiger partial charge is 0.342 e. The summed E-state index contributed by atoms with van der Waals surface area (Å²) in [7, 11) is 0. The number of likely N-dealkylation sites (tertiary alicyclic amines) is 1. The van der Waals surface area contributed by atoms with Crippen molar-refractivity contribution in [1.82, 2.24) is 9.91 Å². The first-order valence-electron chi connectivity index (χ1n) is 4.87. The van der Waals surface area contributed by atoms with Crippen molar-refractivity contribution in [2.45, 2.75) is 19.8 Å². The molecule has 2 N–H and O–H groups in total. The van der Waals surface area contributed by atoms with E-state index in [9.17, 15) is 4.79 Å². The van der Waals surface area contributed by atoms with Gasteiger partial charge in [0.1, 0.15) is 0 Å². The summed E-state index contributed by atoms with van der Waals surface area (Å²) in [6.07, 6.45) is 2.29. The maximum atomic E-state index is 11.0. The van der Waals surface area contributed by atoms with Crippen LogP contribution >= 0.6 is 0 Å². The van der Waals surface area contributed by atoms with Crippen LogP contribution in [0.15, 0.2) is 0 Å². The summed E-state index contributed by atoms with van der Waals surface area (Å²) in [6.45, 7) is 5.51. The normalized spacial score (nSPS) is 27.4. The van der Waals surface area contributed by atoms with E-state index in [4.69, 9.17) is 5.84 Å². The third-order valence-electron chi connectivity index (χ3n) is 3.36. The monoisotopic (exact) mass is 183 g/mol. The molecule has 74 valence electrons. The standard InChI is InChI=1S/C9H17N3O/c1-8(13)11-6-9(7-11)2-4-12(10)5-3-9/h2-7,10H2,1H3. The molecule has 1 amide bonds. The summed E-state index contributed by atoms with van der Waals surface area (Å²) in [5.74, 6) is 5.89. The van der Waals surface area contributed by atoms with Crippen LogP contribution in [0.1, 0.15) is 19.8 Å². The Kier molecular flexibility index (Phi) is 2.04. The summed E-state index contributed by atoms with van der Waals surface area (Å²) in [6, 6.07) is 0. The van der Waals surface area contributed by atoms with Crippen molar-refractivity contribution < 1.29 is 4.79 Å². The third-order valence-corrected chi connectivity index (χ3v) is 3.36. The van der Waals surface area contributed by atoms with Gasteiger partial charge in [0.2, 0.25) is 5.91 Å². The van der Waals surface area contributed by atoms with E-state index in [0.717, 1.165) is 39.0 Å². The molecular formula is C9H17N3O. The van der Waals surface area contributed by atoms with Crippen molar-refractivity contribution in [1.29, 1.82) is 0 Å². The Labute approximate surface area is 78.6 Å². The molecule has 0 bridgehead atoms. The molecule has 0 atom stereocenters. The van der Waals surface area contributed by atoms with E-state index in [1.807, 2.05) is 9.91 Å². The summed E-state index contributed by atoms with van der Waals surface area (Å²) in [5.41, 5.74) is 0.418. The summed E-state index contributed by atoms with van der Waals surface area (Å²) >= 11 is 0. The number of piperidine rings is 1. The lowest BCUT2D eigenvalue weighted by Gasteiger charge is -2.53. The number of nitrogens with zero attached hydrogens (tertiary/aromatic N) is 2. The minimum Gasteiger partial charge on any atom is -0.342 e. The predicted molar refractivity (Wildman–Crippen MR) is 49.7 cm³/mol. The van der Waals surface area contributed by atoms with Gasteiger partial charge in [-0.2, -0.15) is 0 Å². The van der Waals surface area contributed by atoms with Crippen molar-refractivity contribution in [2.75, 3.05) is 26.2 Å². The molecule has 1 spiro atoms. The first-order valence-corrected chi connectivity index (χ1v) is 4.87. The molecule has 0 aliphatic carbocycles. The molecule has 0 aromatic heterocycles. The van der Waals surface area contributed by atoms with Gasteiger partial charge in [0.05, 0.1) is 0 Å². The fourth-order valence-electron chi connectivity index (χ4n) is 2.30. The lowest BCUT2D eigenvalue weighted by molar-refractivity contribution is -0.144. The quantitative estimate of drug-likeness (QED) is 0.529. The van der Waals surface area contributed by atoms with Crippen molar-refractivity contribution in [2.24, 2.45) is 11.3 Å². The van der Waals surface area contributed by atoms with Crippen LogP contribution in [0.3, 0.4) is 0 Å². The molecular weight excluding hydrogens is 166 g/mol. The first-order chi connectivity index (χ1) is 6.11. The highest BCUT2D eigenvalue weighted by Crippen LogP contribution is 2.39. The Balaban J connectivity index is 1.86. The summed E-state index contributed by atoms with van der Waals surface area (Å²) in [4.78, 5) is 12.9. The fraction of sp³-hybridized carbons (Fsp3) is 0.889. The average molecular weight is 183 g/mol. The summed E-state index contributed by atoms with van der Waals surface area (Å²) < 4.78 is 0. The van der Waals surface area contributed by atoms with Gasteiger partial charge in [-0.05, 0) is 12.8 Å². The van der Waals surface area contributed by atoms with Crippen LogP contribution in [-0.4, -0.2) is 42.0 Å². The number of amides is 1. The second kappa shape index (κ2) is 2.96. The molecule has 2 heterocycles. The lowest BCUT2D eigenvalue weighted by Crippen LogP contribution is -2.62. The highest BCUT2D eigenvalue weighted by atomic mass is 16.2. The van der Waals surface area contributed by atoms with Gasteiger partial charge in [0.25, 0.3) is 0 Å². The topological polar surface area (TPSA) is 49.6 Å². The molecule has 0 saturated carbocycles. The Morgan fingerprint density at radius 1 is 1.31 bits per heavy atom. The van der Waals surface area contributed by atoms with Gasteiger partial charge in [-0.25, -0.2) is 5.01 Å². The zero-order valence-corrected chi connectivity index (χ0v) is 8.12. The second-order valence-corrected chi connectivity index (χ2v) is 4.41. The van der Waals surface area contributed by atoms with Gasteiger partial charge < -0.3 is 4.90 Å². The molecule has 0 unspecified atom stereocenters. The first kappa shape index (κ1) is 8.97. The van der Waals surface area contributed by atoms with Crippen molar-refractivity contribution in [3.8, 4) is 0 Å². The molecule has 2 aliphatic rings. The Bertz CT molecular complexity index is 213. The van der Waals surface area contributed by atoms with E-state index in [-0.39, 0.29) is 5.91 Å². The van der Waals surface area contributed by atoms with Crippen molar-refractivity contribution in [3.63, 3.8) is 0 Å². The van der Waals surface area contributed by atoms with Gasteiger partial charge >= 0.3 is 0 Å². The van der Waals surface area contributed by atoms with Gasteiger partial charge in [0.15, 0.2) is 0 Å². The number of hydrogen-bond acceptors (Lipinski definition) is 3. The number of carbonyl (C=O) groups is 1. The SMILES string of the molecule is CC(=O)N1CC2(CCN(N)CC2)C1. The maximum Gasteiger partial charge on any atom is 0.219 e. The van der Waals surface area contributed by atoms with Crippen LogP contribution in [-0.2, 0) is 4.79 Å². The Morgan fingerprint density at radius 2 is 1.85 bits per heavy atom. The number of hydrazine groups is 1. The molecule has 2 aliphatic heterocycles. The highest BCUT2D eigenvalue weighted by Gasteiger charge is 2.45. The Morgan fingerprint density at radius 3 is 2.31 bits per heavy atom. The number of nitrogens with two attached hydrogens (primary N) is 1. The van der Waals surface area contributed by atoms with Gasteiger partial charge in [-0.3, -0.25) is 10.6 Å². The minimum absolute atomic E-state index is 0.209. The van der Waals surface area contributed by atoms with E-state index in [0.29, 0.717) is 5.41 Å². The van der Waals surface area contributed by atoms with Crippen LogP contribution in [0.4, 0.5) is 0 Å². The molecule has 0 aromatic rings. The highest BCUT2D eigenvalue weighted by molar-refractivity contribution is 5.74. The molecule has 0 aromatic carbocycles. The van der Waals surface area contributed by atoms with Crippen LogP contribution in [0.5, 0.6) is 0 Å². The van der Waals surface area contributed by atoms with Crippen LogP contribution in [0.25, 0.3) is 0 Å². The van der Waals surface area contributed by atoms with Crippen LogP contribution in [0.2, 0.25) is 0 Å². The van der Waals surface area contributed by atoms with Gasteiger partial charge in [-0.1, -0.05) is 0 Å². The number of rotatable bonds is 0. The number of carbonyl (C=O) groups excluding carboxylic acids is 1. The zero-order valence-electron chi connectivity index (χ0n) is 8.12. The summed E-state index contributed by atoms with van der Waals surface area (Å²) in [5, 5.41) is 1.88. The zero-order chi connectivity index (χ0) is 9.47. The minimum atomic E-state index is 0.209. The second-order valence-electron chi connectivity index (χ2n) is 4.41. The maximum absolute atomic E-state index is 11.0. The van der Waals surface area contributed by atoms with Gasteiger partial charge in [-0.15, -0.1) is 0 Å². The van der Waals surface area contributed by atoms with Crippen LogP contribution < -0.4 is 5.84 Å². The van der Waals surface area contributed by atoms with Crippen molar-refractivity contribution in [3.05, 3.63) is 0 Å². The van der Waals surface area contributed by atoms with E-state index in [2.05, 4.69) is 0 Å². The molecule has 4 heteroatoms. The molecule has 2 rings (SSSR count). The molecule has 13 heavy (non-hydrogen) atoms. The smallest absolute Gasteiger partial charge is 0.219 e. The van der Waals surface area contributed by atoms with E-state index < -0.39 is 0 Å². The van der Waals surface area contributed by atoms with Gasteiger partial charge in [0, 0.05) is 38.5 Å². The van der Waals surface area contributed by atoms with E-state index >= 15 is 0 Å². The molecule has 0 radical (unpaired) electrons. The molecule has 2 fully saturated rings. The lowest BCUT2D eigenvalue weighted by atomic mass is 9.72. The molecule has 4 nitrogen and oxygen atoms in total. The third kappa shape index (κ3) is 1.56.